The van der Waals surface area contributed by atoms with Crippen molar-refractivity contribution in [2.45, 2.75) is 25.7 Å². The largest absolute Gasteiger partial charge is 0.481 e. The van der Waals surface area contributed by atoms with Gasteiger partial charge < -0.3 is 10.4 Å². The number of carbonyl (C=O) groups is 2. The number of halogens is 1. The van der Waals surface area contributed by atoms with Crippen molar-refractivity contribution in [2.75, 3.05) is 6.54 Å². The number of nitrogens with one attached hydrogen (secondary N) is 1. The number of carboxylic acid groups (broad SMARTS) is 1. The molecule has 0 heterocycles. The molecule has 2 N–H and O–H groups in total. The Balaban J connectivity index is 2.74. The maximum Gasteiger partial charge on any atom is 0.311 e. The minimum atomic E-state index is -1.01. The number of carboxylic acids is 1. The normalized spacial score (nSPS) is 11.9. The minimum Gasteiger partial charge on any atom is -0.481 e. The van der Waals surface area contributed by atoms with E-state index < -0.39 is 11.9 Å². The zero-order chi connectivity index (χ0) is 13.5. The fourth-order valence-electron chi connectivity index (χ4n) is 1.56. The van der Waals surface area contributed by atoms with Gasteiger partial charge in [-0.15, -0.1) is 0 Å². The van der Waals surface area contributed by atoms with E-state index >= 15 is 0 Å². The lowest BCUT2D eigenvalue weighted by Crippen LogP contribution is -2.27. The van der Waals surface area contributed by atoms with Gasteiger partial charge in [0.05, 0.1) is 5.92 Å². The second-order valence-corrected chi connectivity index (χ2v) is 4.43. The van der Waals surface area contributed by atoms with Crippen molar-refractivity contribution >= 4 is 23.5 Å². The highest BCUT2D eigenvalue weighted by atomic mass is 35.5. The fourth-order valence-corrected chi connectivity index (χ4v) is 1.69. The molecule has 98 valence electrons. The molecule has 0 bridgehead atoms. The second-order valence-electron chi connectivity index (χ2n) is 4.00. The fraction of sp³-hybridized carbons (Fsp3) is 0.385. The van der Waals surface area contributed by atoms with Gasteiger partial charge >= 0.3 is 5.97 Å². The van der Waals surface area contributed by atoms with E-state index in [-0.39, 0.29) is 12.3 Å². The van der Waals surface area contributed by atoms with Crippen LogP contribution in [0.15, 0.2) is 24.3 Å². The van der Waals surface area contributed by atoms with Crippen LogP contribution in [0.4, 0.5) is 0 Å². The number of benzene rings is 1. The zero-order valence-corrected chi connectivity index (χ0v) is 10.9. The van der Waals surface area contributed by atoms with Crippen molar-refractivity contribution in [3.8, 4) is 0 Å². The van der Waals surface area contributed by atoms with E-state index in [0.717, 1.165) is 6.42 Å². The molecule has 1 aromatic carbocycles. The van der Waals surface area contributed by atoms with Crippen LogP contribution in [0.3, 0.4) is 0 Å². The van der Waals surface area contributed by atoms with Gasteiger partial charge in [0, 0.05) is 18.0 Å². The molecule has 0 saturated heterocycles. The lowest BCUT2D eigenvalue weighted by molar-refractivity contribution is -0.140. The van der Waals surface area contributed by atoms with Crippen molar-refractivity contribution in [2.24, 2.45) is 0 Å². The summed E-state index contributed by atoms with van der Waals surface area (Å²) in [6, 6.07) is 6.51. The van der Waals surface area contributed by atoms with E-state index in [2.05, 4.69) is 5.32 Å². The first kappa shape index (κ1) is 14.5. The lowest BCUT2D eigenvalue weighted by atomic mass is 9.95. The van der Waals surface area contributed by atoms with Gasteiger partial charge in [-0.2, -0.15) is 0 Å². The number of aliphatic carboxylic acids is 1. The number of carbonyl (C=O) groups excluding carboxylic acids is 1. The summed E-state index contributed by atoms with van der Waals surface area (Å²) >= 11 is 5.74. The molecule has 1 aromatic rings. The third-order valence-corrected chi connectivity index (χ3v) is 2.78. The first-order valence-corrected chi connectivity index (χ1v) is 6.17. The summed E-state index contributed by atoms with van der Waals surface area (Å²) in [5.74, 6) is -2.10. The summed E-state index contributed by atoms with van der Waals surface area (Å²) in [4.78, 5) is 22.7. The van der Waals surface area contributed by atoms with Crippen LogP contribution in [0.1, 0.15) is 31.2 Å². The van der Waals surface area contributed by atoms with Crippen molar-refractivity contribution in [1.29, 1.82) is 0 Å². The van der Waals surface area contributed by atoms with Gasteiger partial charge in [0.15, 0.2) is 0 Å². The Morgan fingerprint density at radius 3 is 2.44 bits per heavy atom. The molecule has 1 unspecified atom stereocenters. The summed E-state index contributed by atoms with van der Waals surface area (Å²) < 4.78 is 0. The molecule has 4 nitrogen and oxygen atoms in total. The van der Waals surface area contributed by atoms with E-state index in [1.165, 1.54) is 0 Å². The smallest absolute Gasteiger partial charge is 0.311 e. The van der Waals surface area contributed by atoms with Gasteiger partial charge in [0.2, 0.25) is 5.91 Å². The van der Waals surface area contributed by atoms with Gasteiger partial charge in [0.25, 0.3) is 0 Å². The summed E-state index contributed by atoms with van der Waals surface area (Å²) in [5, 5.41) is 12.4. The van der Waals surface area contributed by atoms with Gasteiger partial charge in [-0.3, -0.25) is 9.59 Å². The Hall–Kier alpha value is -1.55. The molecule has 0 saturated carbocycles. The van der Waals surface area contributed by atoms with E-state index in [1.807, 2.05) is 6.92 Å². The average Bonchev–Trinajstić information content (AvgIpc) is 2.34. The maximum absolute atomic E-state index is 11.6. The van der Waals surface area contributed by atoms with Crippen LogP contribution in [0, 0.1) is 0 Å². The Bertz CT molecular complexity index is 417. The van der Waals surface area contributed by atoms with Crippen LogP contribution in [0.5, 0.6) is 0 Å². The van der Waals surface area contributed by atoms with Gasteiger partial charge in [0.1, 0.15) is 0 Å². The molecule has 1 amide bonds. The second kappa shape index (κ2) is 7.01. The van der Waals surface area contributed by atoms with Crippen LogP contribution in [-0.4, -0.2) is 23.5 Å². The Labute approximate surface area is 111 Å². The quantitative estimate of drug-likeness (QED) is 0.833. The molecule has 0 spiro atoms. The van der Waals surface area contributed by atoms with E-state index in [9.17, 15) is 9.59 Å². The Kier molecular flexibility index (Phi) is 5.65. The third kappa shape index (κ3) is 4.37. The number of rotatable bonds is 6. The summed E-state index contributed by atoms with van der Waals surface area (Å²) in [6.45, 7) is 2.50. The predicted molar refractivity (Wildman–Crippen MR) is 69.7 cm³/mol. The summed E-state index contributed by atoms with van der Waals surface area (Å²) in [6.07, 6.45) is 0.765. The molecule has 0 aromatic heterocycles. The van der Waals surface area contributed by atoms with Crippen LogP contribution in [0.25, 0.3) is 0 Å². The predicted octanol–water partition coefficient (Wildman–Crippen LogP) is 2.42. The molecule has 0 aliphatic rings. The SMILES string of the molecule is CCCNC(=O)CC(C(=O)O)c1ccc(Cl)cc1. The van der Waals surface area contributed by atoms with E-state index in [1.54, 1.807) is 24.3 Å². The van der Waals surface area contributed by atoms with Crippen molar-refractivity contribution in [3.05, 3.63) is 34.9 Å². The van der Waals surface area contributed by atoms with Crippen LogP contribution in [0.2, 0.25) is 5.02 Å². The number of hydrogen-bond donors (Lipinski definition) is 2. The van der Waals surface area contributed by atoms with Gasteiger partial charge in [-0.25, -0.2) is 0 Å². The van der Waals surface area contributed by atoms with Gasteiger partial charge in [-0.1, -0.05) is 30.7 Å². The molecule has 1 rings (SSSR count). The average molecular weight is 270 g/mol. The van der Waals surface area contributed by atoms with E-state index in [4.69, 9.17) is 16.7 Å². The molecular formula is C13H16ClNO3. The highest BCUT2D eigenvalue weighted by Crippen LogP contribution is 2.22. The zero-order valence-electron chi connectivity index (χ0n) is 10.1. The van der Waals surface area contributed by atoms with Crippen LogP contribution >= 0.6 is 11.6 Å². The standard InChI is InChI=1S/C13H16ClNO3/c1-2-7-15-12(16)8-11(13(17)18)9-3-5-10(14)6-4-9/h3-6,11H,2,7-8H2,1H3,(H,15,16)(H,17,18). The topological polar surface area (TPSA) is 66.4 Å². The summed E-state index contributed by atoms with van der Waals surface area (Å²) in [7, 11) is 0. The molecule has 0 aliphatic heterocycles. The minimum absolute atomic E-state index is 0.0586. The van der Waals surface area contributed by atoms with Crippen molar-refractivity contribution in [1.82, 2.24) is 5.32 Å². The van der Waals surface area contributed by atoms with Gasteiger partial charge in [-0.05, 0) is 24.1 Å². The lowest BCUT2D eigenvalue weighted by Gasteiger charge is -2.12. The molecule has 1 atom stereocenters. The van der Waals surface area contributed by atoms with Crippen molar-refractivity contribution < 1.29 is 14.7 Å². The molecule has 0 aliphatic carbocycles. The highest BCUT2D eigenvalue weighted by Gasteiger charge is 2.22. The Morgan fingerprint density at radius 2 is 1.94 bits per heavy atom. The van der Waals surface area contributed by atoms with Crippen LogP contribution in [-0.2, 0) is 9.59 Å². The molecule has 18 heavy (non-hydrogen) atoms. The third-order valence-electron chi connectivity index (χ3n) is 2.53. The van der Waals surface area contributed by atoms with Crippen molar-refractivity contribution in [3.63, 3.8) is 0 Å². The first-order valence-electron chi connectivity index (χ1n) is 5.79. The first-order chi connectivity index (χ1) is 8.54. The maximum atomic E-state index is 11.6. The summed E-state index contributed by atoms with van der Waals surface area (Å²) in [5.41, 5.74) is 0.582. The molecular weight excluding hydrogens is 254 g/mol. The molecule has 5 heteroatoms. The highest BCUT2D eigenvalue weighted by molar-refractivity contribution is 6.30. The molecule has 0 radical (unpaired) electrons. The number of amides is 1. The molecule has 0 fully saturated rings. The van der Waals surface area contributed by atoms with E-state index in [0.29, 0.717) is 17.1 Å². The van der Waals surface area contributed by atoms with Crippen LogP contribution < -0.4 is 5.32 Å². The number of hydrogen-bond acceptors (Lipinski definition) is 2. The monoisotopic (exact) mass is 269 g/mol. The Morgan fingerprint density at radius 1 is 1.33 bits per heavy atom.